The van der Waals surface area contributed by atoms with E-state index in [-0.39, 0.29) is 18.0 Å². The lowest BCUT2D eigenvalue weighted by molar-refractivity contribution is -0.137. The average Bonchev–Trinajstić information content (AvgIpc) is 2.70. The largest absolute Gasteiger partial charge is 0.497 e. The molecule has 0 aliphatic carbocycles. The second-order valence-corrected chi connectivity index (χ2v) is 6.43. The van der Waals surface area contributed by atoms with Gasteiger partial charge >= 0.3 is 12.1 Å². The Morgan fingerprint density at radius 1 is 1.10 bits per heavy atom. The van der Waals surface area contributed by atoms with E-state index in [4.69, 9.17) is 14.3 Å². The number of hydrogen-bond donors (Lipinski definition) is 0. The molecule has 0 saturated heterocycles. The molecule has 1 atom stereocenters. The van der Waals surface area contributed by atoms with Gasteiger partial charge in [0.15, 0.2) is 0 Å². The fourth-order valence-electron chi connectivity index (χ4n) is 2.91. The summed E-state index contributed by atoms with van der Waals surface area (Å²) >= 11 is 0. The molecule has 0 heterocycles. The predicted molar refractivity (Wildman–Crippen MR) is 102 cm³/mol. The van der Waals surface area contributed by atoms with E-state index in [1.807, 2.05) is 0 Å². The smallest absolute Gasteiger partial charge is 0.416 e. The van der Waals surface area contributed by atoms with Crippen LogP contribution in [0.15, 0.2) is 42.5 Å². The zero-order chi connectivity index (χ0) is 21.6. The Morgan fingerprint density at radius 2 is 1.83 bits per heavy atom. The summed E-state index contributed by atoms with van der Waals surface area (Å²) in [6.07, 6.45) is -4.12. The predicted octanol–water partition coefficient (Wildman–Crippen LogP) is 4.75. The van der Waals surface area contributed by atoms with E-state index >= 15 is 0 Å². The van der Waals surface area contributed by atoms with Crippen molar-refractivity contribution in [2.75, 3.05) is 20.8 Å². The van der Waals surface area contributed by atoms with Gasteiger partial charge in [0.25, 0.3) is 0 Å². The van der Waals surface area contributed by atoms with Crippen molar-refractivity contribution < 1.29 is 32.3 Å². The minimum Gasteiger partial charge on any atom is -0.497 e. The summed E-state index contributed by atoms with van der Waals surface area (Å²) in [6, 6.07) is 9.51. The Balaban J connectivity index is 2.12. The number of nitrogens with zero attached hydrogens (tertiary/aromatic N) is 1. The number of hydrogen-bond acceptors (Lipinski definition) is 5. The normalized spacial score (nSPS) is 12.6. The number of rotatable bonds is 8. The molecule has 1 unspecified atom stereocenters. The van der Waals surface area contributed by atoms with Crippen LogP contribution in [0.3, 0.4) is 0 Å². The van der Waals surface area contributed by atoms with Gasteiger partial charge in [0, 0.05) is 18.7 Å². The minimum absolute atomic E-state index is 0.220. The topological polar surface area (TPSA) is 48.0 Å². The first-order valence-corrected chi connectivity index (χ1v) is 9.06. The van der Waals surface area contributed by atoms with Crippen LogP contribution in [0.5, 0.6) is 11.5 Å². The second-order valence-electron chi connectivity index (χ2n) is 6.43. The number of likely N-dealkylation sites (N-methyl/N-ethyl adjacent to an activating group) is 1. The van der Waals surface area contributed by atoms with Crippen LogP contribution in [-0.4, -0.2) is 37.8 Å². The number of carbonyl (C=O) groups excluding carboxylic acids is 1. The number of benzene rings is 2. The molecule has 2 aromatic rings. The first-order valence-electron chi connectivity index (χ1n) is 9.06. The number of hydroxylamine groups is 2. The van der Waals surface area contributed by atoms with Gasteiger partial charge in [-0.15, -0.1) is 5.06 Å². The molecule has 0 N–H and O–H groups in total. The first-order chi connectivity index (χ1) is 13.7. The van der Waals surface area contributed by atoms with Gasteiger partial charge in [-0.05, 0) is 44.0 Å². The molecule has 0 bridgehead atoms. The molecule has 0 saturated carbocycles. The van der Waals surface area contributed by atoms with Crippen LogP contribution in [0.1, 0.15) is 35.3 Å². The zero-order valence-corrected chi connectivity index (χ0v) is 16.7. The van der Waals surface area contributed by atoms with Crippen LogP contribution in [0, 0.1) is 0 Å². The highest BCUT2D eigenvalue weighted by atomic mass is 19.4. The van der Waals surface area contributed by atoms with Gasteiger partial charge in [-0.25, -0.2) is 4.79 Å². The number of methoxy groups -OCH3 is 2. The molecule has 5 nitrogen and oxygen atoms in total. The highest BCUT2D eigenvalue weighted by Gasteiger charge is 2.30. The average molecular weight is 411 g/mol. The van der Waals surface area contributed by atoms with E-state index in [0.717, 1.165) is 12.1 Å². The van der Waals surface area contributed by atoms with E-state index in [9.17, 15) is 18.0 Å². The van der Waals surface area contributed by atoms with Gasteiger partial charge in [-0.3, -0.25) is 0 Å². The summed E-state index contributed by atoms with van der Waals surface area (Å²) in [5.74, 6) is 0.210. The third-order valence-electron chi connectivity index (χ3n) is 4.42. The SMILES string of the molecule is CCN(OC(=O)c1ccc(OC)cc1OC)C(C)Cc1cccc(C(F)(F)F)c1. The van der Waals surface area contributed by atoms with Crippen molar-refractivity contribution in [1.29, 1.82) is 0 Å². The molecule has 0 amide bonds. The van der Waals surface area contributed by atoms with Crippen LogP contribution >= 0.6 is 0 Å². The van der Waals surface area contributed by atoms with Gasteiger partial charge in [0.05, 0.1) is 19.8 Å². The van der Waals surface area contributed by atoms with Crippen molar-refractivity contribution >= 4 is 5.97 Å². The van der Waals surface area contributed by atoms with Crippen molar-refractivity contribution in [1.82, 2.24) is 5.06 Å². The maximum Gasteiger partial charge on any atom is 0.416 e. The maximum atomic E-state index is 12.9. The van der Waals surface area contributed by atoms with Crippen molar-refractivity contribution in [3.8, 4) is 11.5 Å². The van der Waals surface area contributed by atoms with Gasteiger partial charge in [0.2, 0.25) is 0 Å². The van der Waals surface area contributed by atoms with Crippen LogP contribution in [0.4, 0.5) is 13.2 Å². The highest BCUT2D eigenvalue weighted by molar-refractivity contribution is 5.92. The molecule has 0 aliphatic heterocycles. The molecule has 29 heavy (non-hydrogen) atoms. The Bertz CT molecular complexity index is 839. The van der Waals surface area contributed by atoms with Crippen LogP contribution in [-0.2, 0) is 17.4 Å². The zero-order valence-electron chi connectivity index (χ0n) is 16.7. The maximum absolute atomic E-state index is 12.9. The number of alkyl halides is 3. The van der Waals surface area contributed by atoms with E-state index in [1.54, 1.807) is 32.0 Å². The van der Waals surface area contributed by atoms with Crippen molar-refractivity contribution in [2.45, 2.75) is 32.5 Å². The molecule has 8 heteroatoms. The van der Waals surface area contributed by atoms with Gasteiger partial charge < -0.3 is 14.3 Å². The van der Waals surface area contributed by atoms with Gasteiger partial charge in [-0.1, -0.05) is 18.2 Å². The van der Waals surface area contributed by atoms with E-state index in [1.165, 1.54) is 31.4 Å². The quantitative estimate of drug-likeness (QED) is 0.587. The van der Waals surface area contributed by atoms with E-state index in [0.29, 0.717) is 23.6 Å². The van der Waals surface area contributed by atoms with Crippen molar-refractivity contribution in [3.63, 3.8) is 0 Å². The highest BCUT2D eigenvalue weighted by Crippen LogP contribution is 2.30. The second kappa shape index (κ2) is 9.65. The fraction of sp³-hybridized carbons (Fsp3) is 0.381. The summed E-state index contributed by atoms with van der Waals surface area (Å²) in [6.45, 7) is 3.94. The van der Waals surface area contributed by atoms with E-state index < -0.39 is 17.7 Å². The van der Waals surface area contributed by atoms with Gasteiger partial charge in [0.1, 0.15) is 17.1 Å². The summed E-state index contributed by atoms with van der Waals surface area (Å²) in [7, 11) is 2.93. The molecular formula is C21H24F3NO4. The lowest BCUT2D eigenvalue weighted by Crippen LogP contribution is -2.36. The Labute approximate surface area is 167 Å². The van der Waals surface area contributed by atoms with Gasteiger partial charge in [-0.2, -0.15) is 13.2 Å². The van der Waals surface area contributed by atoms with Crippen LogP contribution in [0.2, 0.25) is 0 Å². The molecule has 0 spiro atoms. The molecule has 0 aromatic heterocycles. The molecule has 0 aliphatic rings. The fourth-order valence-corrected chi connectivity index (χ4v) is 2.91. The summed E-state index contributed by atoms with van der Waals surface area (Å²) < 4.78 is 49.1. The molecule has 0 radical (unpaired) electrons. The molecule has 2 rings (SSSR count). The third-order valence-corrected chi connectivity index (χ3v) is 4.42. The minimum atomic E-state index is -4.40. The van der Waals surface area contributed by atoms with Crippen LogP contribution < -0.4 is 9.47 Å². The Kier molecular flexibility index (Phi) is 7.50. The Morgan fingerprint density at radius 3 is 2.41 bits per heavy atom. The summed E-state index contributed by atoms with van der Waals surface area (Å²) in [5, 5.41) is 1.44. The summed E-state index contributed by atoms with van der Waals surface area (Å²) in [5.41, 5.74) is 0.0204. The standard InChI is InChI=1S/C21H24F3NO4/c1-5-25(14(2)11-15-7-6-8-16(12-15)21(22,23)24)29-20(26)18-10-9-17(27-3)13-19(18)28-4/h6-10,12-14H,5,11H2,1-4H3. The lowest BCUT2D eigenvalue weighted by Gasteiger charge is -2.26. The number of halogens is 3. The summed E-state index contributed by atoms with van der Waals surface area (Å²) in [4.78, 5) is 18.1. The van der Waals surface area contributed by atoms with E-state index in [2.05, 4.69) is 0 Å². The number of ether oxygens (including phenoxy) is 2. The molecule has 2 aromatic carbocycles. The van der Waals surface area contributed by atoms with Crippen molar-refractivity contribution in [3.05, 3.63) is 59.2 Å². The number of carbonyl (C=O) groups is 1. The van der Waals surface area contributed by atoms with Crippen LogP contribution in [0.25, 0.3) is 0 Å². The van der Waals surface area contributed by atoms with Crippen molar-refractivity contribution in [2.24, 2.45) is 0 Å². The monoisotopic (exact) mass is 411 g/mol. The molecular weight excluding hydrogens is 387 g/mol. The molecule has 158 valence electrons. The third kappa shape index (κ3) is 5.87. The molecule has 0 fully saturated rings. The first kappa shape index (κ1) is 22.5. The Hall–Kier alpha value is -2.74. The lowest BCUT2D eigenvalue weighted by atomic mass is 10.0.